The predicted octanol–water partition coefficient (Wildman–Crippen LogP) is 6.65. The topological polar surface area (TPSA) is 18.5 Å². The summed E-state index contributed by atoms with van der Waals surface area (Å²) < 4.78 is 39.7. The van der Waals surface area contributed by atoms with E-state index in [0.29, 0.717) is 30.8 Å². The van der Waals surface area contributed by atoms with E-state index in [9.17, 15) is 8.78 Å². The highest BCUT2D eigenvalue weighted by Crippen LogP contribution is 2.33. The molecule has 4 heteroatoms. The molecule has 3 rings (SSSR count). The third-order valence-corrected chi connectivity index (χ3v) is 5.30. The summed E-state index contributed by atoms with van der Waals surface area (Å²) in [5.74, 6) is -1.51. The van der Waals surface area contributed by atoms with Crippen molar-refractivity contribution < 1.29 is 18.3 Å². The van der Waals surface area contributed by atoms with E-state index in [1.807, 2.05) is 31.2 Å². The lowest BCUT2D eigenvalue weighted by atomic mass is 9.89. The van der Waals surface area contributed by atoms with Gasteiger partial charge in [0.2, 0.25) is 5.82 Å². The standard InChI is InChI=1S/C24H28F2O2/c1-3-5-6-7-20-13-12-19(16-28-20)17-8-10-18(11-9-17)21-14-15-22(27-4-2)24(26)23(21)25/h3,5,8-11,14-15,19-20H,4,6-7,12-13,16H2,1-2H3/b5-3+. The molecule has 1 saturated heterocycles. The van der Waals surface area contributed by atoms with E-state index in [1.54, 1.807) is 13.0 Å². The normalized spacial score (nSPS) is 19.9. The van der Waals surface area contributed by atoms with Gasteiger partial charge in [-0.1, -0.05) is 36.4 Å². The third-order valence-electron chi connectivity index (χ3n) is 5.30. The maximum Gasteiger partial charge on any atom is 0.201 e. The molecule has 2 aromatic rings. The maximum atomic E-state index is 14.4. The van der Waals surface area contributed by atoms with E-state index in [2.05, 4.69) is 12.2 Å². The predicted molar refractivity (Wildman–Crippen MR) is 109 cm³/mol. The highest BCUT2D eigenvalue weighted by atomic mass is 19.2. The van der Waals surface area contributed by atoms with Gasteiger partial charge in [0.15, 0.2) is 11.6 Å². The molecule has 150 valence electrons. The minimum Gasteiger partial charge on any atom is -0.491 e. The summed E-state index contributed by atoms with van der Waals surface area (Å²) in [7, 11) is 0. The molecule has 0 N–H and O–H groups in total. The fourth-order valence-corrected chi connectivity index (χ4v) is 3.70. The van der Waals surface area contributed by atoms with Gasteiger partial charge in [-0.15, -0.1) is 0 Å². The van der Waals surface area contributed by atoms with Gasteiger partial charge in [-0.2, -0.15) is 4.39 Å². The Labute approximate surface area is 166 Å². The van der Waals surface area contributed by atoms with Crippen molar-refractivity contribution in [2.24, 2.45) is 0 Å². The van der Waals surface area contributed by atoms with Crippen LogP contribution in [0.25, 0.3) is 11.1 Å². The third kappa shape index (κ3) is 4.79. The van der Waals surface area contributed by atoms with E-state index in [0.717, 1.165) is 25.7 Å². The fourth-order valence-electron chi connectivity index (χ4n) is 3.70. The van der Waals surface area contributed by atoms with Crippen molar-refractivity contribution in [3.63, 3.8) is 0 Å². The number of ether oxygens (including phenoxy) is 2. The van der Waals surface area contributed by atoms with Crippen LogP contribution in [-0.4, -0.2) is 19.3 Å². The molecule has 0 aliphatic carbocycles. The first-order chi connectivity index (χ1) is 13.6. The lowest BCUT2D eigenvalue weighted by Gasteiger charge is -2.29. The monoisotopic (exact) mass is 386 g/mol. The summed E-state index contributed by atoms with van der Waals surface area (Å²) in [5.41, 5.74) is 2.09. The molecule has 0 radical (unpaired) electrons. The molecule has 0 amide bonds. The molecule has 0 saturated carbocycles. The molecule has 0 bridgehead atoms. The van der Waals surface area contributed by atoms with Crippen molar-refractivity contribution in [2.75, 3.05) is 13.2 Å². The molecule has 1 heterocycles. The van der Waals surface area contributed by atoms with E-state index >= 15 is 0 Å². The lowest BCUT2D eigenvalue weighted by Crippen LogP contribution is -2.24. The second-order valence-electron chi connectivity index (χ2n) is 7.17. The highest BCUT2D eigenvalue weighted by molar-refractivity contribution is 5.65. The van der Waals surface area contributed by atoms with E-state index < -0.39 is 11.6 Å². The highest BCUT2D eigenvalue weighted by Gasteiger charge is 2.23. The Balaban J connectivity index is 1.65. The first-order valence-corrected chi connectivity index (χ1v) is 10.1. The van der Waals surface area contributed by atoms with Crippen molar-refractivity contribution in [1.82, 2.24) is 0 Å². The van der Waals surface area contributed by atoms with Crippen LogP contribution in [0.4, 0.5) is 8.78 Å². The molecule has 1 aliphatic rings. The Hall–Kier alpha value is -2.20. The SMILES string of the molecule is C/C=C/CCC1CCC(c2ccc(-c3ccc(OCC)c(F)c3F)cc2)CO1. The van der Waals surface area contributed by atoms with Crippen LogP contribution in [0.3, 0.4) is 0 Å². The second-order valence-corrected chi connectivity index (χ2v) is 7.17. The van der Waals surface area contributed by atoms with Crippen LogP contribution in [0.15, 0.2) is 48.6 Å². The Morgan fingerprint density at radius 3 is 2.50 bits per heavy atom. The van der Waals surface area contributed by atoms with Gasteiger partial charge in [-0.3, -0.25) is 0 Å². The van der Waals surface area contributed by atoms with Crippen molar-refractivity contribution in [1.29, 1.82) is 0 Å². The molecule has 1 fully saturated rings. The van der Waals surface area contributed by atoms with Crippen LogP contribution in [-0.2, 0) is 4.74 Å². The van der Waals surface area contributed by atoms with Gasteiger partial charge in [0.25, 0.3) is 0 Å². The fraction of sp³-hybridized carbons (Fsp3) is 0.417. The van der Waals surface area contributed by atoms with Gasteiger partial charge in [-0.05, 0) is 62.8 Å². The minimum absolute atomic E-state index is 0.0521. The van der Waals surface area contributed by atoms with Gasteiger partial charge >= 0.3 is 0 Å². The van der Waals surface area contributed by atoms with Crippen LogP contribution in [0.2, 0.25) is 0 Å². The average Bonchev–Trinajstić information content (AvgIpc) is 2.73. The van der Waals surface area contributed by atoms with Gasteiger partial charge < -0.3 is 9.47 Å². The summed E-state index contributed by atoms with van der Waals surface area (Å²) in [5, 5.41) is 0. The molecule has 0 spiro atoms. The van der Waals surface area contributed by atoms with E-state index in [1.165, 1.54) is 11.6 Å². The lowest BCUT2D eigenvalue weighted by molar-refractivity contribution is -0.000184. The molecule has 2 nitrogen and oxygen atoms in total. The van der Waals surface area contributed by atoms with E-state index in [-0.39, 0.29) is 11.3 Å². The molecular weight excluding hydrogens is 358 g/mol. The first kappa shape index (κ1) is 20.5. The van der Waals surface area contributed by atoms with E-state index in [4.69, 9.17) is 9.47 Å². The molecule has 0 aromatic heterocycles. The van der Waals surface area contributed by atoms with Gasteiger partial charge in [0.1, 0.15) is 0 Å². The largest absolute Gasteiger partial charge is 0.491 e. The zero-order chi connectivity index (χ0) is 19.9. The summed E-state index contributed by atoms with van der Waals surface area (Å²) in [6.45, 7) is 4.79. The molecule has 2 aromatic carbocycles. The summed E-state index contributed by atoms with van der Waals surface area (Å²) in [4.78, 5) is 0. The summed E-state index contributed by atoms with van der Waals surface area (Å²) in [6.07, 6.45) is 8.87. The van der Waals surface area contributed by atoms with Crippen LogP contribution in [0.1, 0.15) is 51.0 Å². The van der Waals surface area contributed by atoms with Gasteiger partial charge in [0, 0.05) is 11.5 Å². The summed E-state index contributed by atoms with van der Waals surface area (Å²) >= 11 is 0. The molecule has 28 heavy (non-hydrogen) atoms. The van der Waals surface area contributed by atoms with Gasteiger partial charge in [-0.25, -0.2) is 4.39 Å². The van der Waals surface area contributed by atoms with Crippen LogP contribution in [0, 0.1) is 11.6 Å². The average molecular weight is 386 g/mol. The Morgan fingerprint density at radius 2 is 1.86 bits per heavy atom. The number of hydrogen-bond acceptors (Lipinski definition) is 2. The quantitative estimate of drug-likeness (QED) is 0.496. The van der Waals surface area contributed by atoms with Crippen LogP contribution in [0.5, 0.6) is 5.75 Å². The first-order valence-electron chi connectivity index (χ1n) is 10.1. The smallest absolute Gasteiger partial charge is 0.201 e. The zero-order valence-corrected chi connectivity index (χ0v) is 16.6. The van der Waals surface area contributed by atoms with Gasteiger partial charge in [0.05, 0.1) is 19.3 Å². The number of allylic oxidation sites excluding steroid dienone is 2. The van der Waals surface area contributed by atoms with Crippen LogP contribution >= 0.6 is 0 Å². The van der Waals surface area contributed by atoms with Crippen molar-refractivity contribution in [2.45, 2.75) is 51.6 Å². The number of benzene rings is 2. The molecule has 2 atom stereocenters. The number of hydrogen-bond donors (Lipinski definition) is 0. The minimum atomic E-state index is -0.937. The van der Waals surface area contributed by atoms with Crippen molar-refractivity contribution >= 4 is 0 Å². The second kappa shape index (κ2) is 9.83. The van der Waals surface area contributed by atoms with Crippen molar-refractivity contribution in [3.8, 4) is 16.9 Å². The zero-order valence-electron chi connectivity index (χ0n) is 16.6. The Bertz CT molecular complexity index is 791. The molecule has 1 aliphatic heterocycles. The molecular formula is C24H28F2O2. The maximum absolute atomic E-state index is 14.4. The Kier molecular flexibility index (Phi) is 7.21. The number of halogens is 2. The Morgan fingerprint density at radius 1 is 1.07 bits per heavy atom. The van der Waals surface area contributed by atoms with Crippen LogP contribution < -0.4 is 4.74 Å². The van der Waals surface area contributed by atoms with Crippen molar-refractivity contribution in [3.05, 3.63) is 65.7 Å². The number of rotatable bonds is 7. The summed E-state index contributed by atoms with van der Waals surface area (Å²) in [6, 6.07) is 10.7. The molecule has 2 unspecified atom stereocenters.